The summed E-state index contributed by atoms with van der Waals surface area (Å²) in [4.78, 5) is 16.6. The molecule has 1 amide bonds. The fraction of sp³-hybridized carbons (Fsp3) is 0.226. The Balaban J connectivity index is 1.28. The van der Waals surface area contributed by atoms with Gasteiger partial charge in [-0.15, -0.1) is 11.8 Å². The molecule has 2 N–H and O–H groups in total. The van der Waals surface area contributed by atoms with Gasteiger partial charge in [-0.2, -0.15) is 0 Å². The molecule has 6 nitrogen and oxygen atoms in total. The van der Waals surface area contributed by atoms with Crippen LogP contribution < -0.4 is 5.32 Å². The zero-order valence-electron chi connectivity index (χ0n) is 22.4. The fourth-order valence-electron chi connectivity index (χ4n) is 4.50. The maximum atomic E-state index is 14.0. The van der Waals surface area contributed by atoms with E-state index in [-0.39, 0.29) is 25.4 Å². The van der Waals surface area contributed by atoms with E-state index in [0.717, 1.165) is 16.2 Å². The Morgan fingerprint density at radius 2 is 1.47 bits per heavy atom. The van der Waals surface area contributed by atoms with E-state index in [4.69, 9.17) is 9.47 Å². The maximum absolute atomic E-state index is 14.0. The van der Waals surface area contributed by atoms with E-state index in [1.807, 2.05) is 42.5 Å². The molecule has 2 heterocycles. The molecule has 0 spiro atoms. The summed E-state index contributed by atoms with van der Waals surface area (Å²) in [7, 11) is 0. The largest absolute Gasteiger partial charge is 0.392 e. The topological polar surface area (TPSA) is 80.7 Å². The summed E-state index contributed by atoms with van der Waals surface area (Å²) in [6, 6.07) is 19.8. The van der Waals surface area contributed by atoms with E-state index in [2.05, 4.69) is 10.3 Å². The molecular weight excluding hydrogens is 591 g/mol. The summed E-state index contributed by atoms with van der Waals surface area (Å²) >= 11 is 1.56. The fourth-order valence-corrected chi connectivity index (χ4v) is 5.38. The molecule has 12 heteroatoms. The van der Waals surface area contributed by atoms with E-state index in [0.29, 0.717) is 23.3 Å². The number of nitrogens with one attached hydrogen (secondary N) is 1. The summed E-state index contributed by atoms with van der Waals surface area (Å²) in [6.45, 7) is -0.316. The first-order valence-electron chi connectivity index (χ1n) is 13.2. The van der Waals surface area contributed by atoms with Crippen molar-refractivity contribution in [3.8, 4) is 0 Å². The highest BCUT2D eigenvalue weighted by Gasteiger charge is 2.33. The Bertz CT molecular complexity index is 1550. The highest BCUT2D eigenvalue weighted by Crippen LogP contribution is 2.39. The summed E-state index contributed by atoms with van der Waals surface area (Å²) < 4.78 is 80.9. The number of aromatic nitrogens is 1. The lowest BCUT2D eigenvalue weighted by Gasteiger charge is -2.36. The first-order valence-corrected chi connectivity index (χ1v) is 14.2. The smallest absolute Gasteiger partial charge is 0.257 e. The third kappa shape index (κ3) is 7.04. The third-order valence-electron chi connectivity index (χ3n) is 6.81. The van der Waals surface area contributed by atoms with Crippen molar-refractivity contribution in [1.29, 1.82) is 0 Å². The van der Waals surface area contributed by atoms with Crippen molar-refractivity contribution in [3.05, 3.63) is 130 Å². The van der Waals surface area contributed by atoms with Gasteiger partial charge < -0.3 is 19.9 Å². The standard InChI is InChI=1S/C31H25F5N2O4S/c32-25-24(26(33)28(35)29(36)27(25)34)30(40)38-14-17-4-10-20(11-5-17)31-41-21(16-43-23-3-1-2-12-37-23)13-22(42-31)19-8-6-18(15-39)7-9-19/h1-12,21-22,31,39H,13-16H2,(H,38,40)/t21-,22+,31+/m0/s1. The molecule has 0 saturated carbocycles. The van der Waals surface area contributed by atoms with E-state index in [1.165, 1.54) is 0 Å². The van der Waals surface area contributed by atoms with Crippen molar-refractivity contribution in [3.63, 3.8) is 0 Å². The van der Waals surface area contributed by atoms with Crippen molar-refractivity contribution in [2.24, 2.45) is 0 Å². The molecule has 1 fully saturated rings. The average Bonchev–Trinajstić information content (AvgIpc) is 3.05. The van der Waals surface area contributed by atoms with E-state index in [9.17, 15) is 31.9 Å². The van der Waals surface area contributed by atoms with Crippen molar-refractivity contribution in [2.75, 3.05) is 5.75 Å². The number of pyridine rings is 1. The van der Waals surface area contributed by atoms with Crippen LogP contribution in [-0.4, -0.2) is 27.9 Å². The molecule has 5 rings (SSSR count). The van der Waals surface area contributed by atoms with Gasteiger partial charge in [0.25, 0.3) is 5.91 Å². The molecule has 3 aromatic carbocycles. The van der Waals surface area contributed by atoms with Crippen LogP contribution >= 0.6 is 11.8 Å². The Labute approximate surface area is 247 Å². The number of thioether (sulfide) groups is 1. The lowest BCUT2D eigenvalue weighted by atomic mass is 10.0. The highest BCUT2D eigenvalue weighted by molar-refractivity contribution is 7.99. The van der Waals surface area contributed by atoms with Gasteiger partial charge in [0, 0.05) is 30.5 Å². The first kappa shape index (κ1) is 30.6. The molecule has 224 valence electrons. The maximum Gasteiger partial charge on any atom is 0.257 e. The molecule has 0 unspecified atom stereocenters. The molecule has 0 radical (unpaired) electrons. The van der Waals surface area contributed by atoms with Gasteiger partial charge in [0.15, 0.2) is 29.6 Å². The minimum Gasteiger partial charge on any atom is -0.392 e. The molecule has 1 aliphatic rings. The van der Waals surface area contributed by atoms with Crippen LogP contribution in [0, 0.1) is 29.1 Å². The number of ether oxygens (including phenoxy) is 2. The molecule has 1 aliphatic heterocycles. The first-order chi connectivity index (χ1) is 20.7. The predicted octanol–water partition coefficient (Wildman–Crippen LogP) is 6.54. The summed E-state index contributed by atoms with van der Waals surface area (Å²) in [5.41, 5.74) is 1.31. The summed E-state index contributed by atoms with van der Waals surface area (Å²) in [5.74, 6) is -12.0. The minimum atomic E-state index is -2.34. The number of aliphatic hydroxyl groups is 1. The minimum absolute atomic E-state index is 0.0742. The molecule has 0 bridgehead atoms. The Kier molecular flexibility index (Phi) is 9.71. The summed E-state index contributed by atoms with van der Waals surface area (Å²) in [5, 5.41) is 12.4. The molecule has 43 heavy (non-hydrogen) atoms. The van der Waals surface area contributed by atoms with Gasteiger partial charge in [0.1, 0.15) is 5.56 Å². The van der Waals surface area contributed by atoms with Crippen LogP contribution in [0.25, 0.3) is 0 Å². The zero-order chi connectivity index (χ0) is 30.5. The number of aliphatic hydroxyl groups excluding tert-OH is 1. The third-order valence-corrected chi connectivity index (χ3v) is 7.89. The van der Waals surface area contributed by atoms with Crippen molar-refractivity contribution < 1.29 is 41.3 Å². The van der Waals surface area contributed by atoms with Crippen LogP contribution in [0.5, 0.6) is 0 Å². The molecule has 4 aromatic rings. The number of halogens is 5. The van der Waals surface area contributed by atoms with E-state index < -0.39 is 46.8 Å². The Hall–Kier alpha value is -3.84. The van der Waals surface area contributed by atoms with Gasteiger partial charge in [-0.25, -0.2) is 26.9 Å². The quantitative estimate of drug-likeness (QED) is 0.0963. The van der Waals surface area contributed by atoms with Gasteiger partial charge >= 0.3 is 0 Å². The van der Waals surface area contributed by atoms with Crippen LogP contribution in [0.1, 0.15) is 51.4 Å². The van der Waals surface area contributed by atoms with Gasteiger partial charge in [-0.1, -0.05) is 54.6 Å². The SMILES string of the molecule is O=C(NCc1ccc([C@@H]2O[C@H](CSc3ccccn3)C[C@H](c3ccc(CO)cc3)O2)cc1)c1c(F)c(F)c(F)c(F)c1F. The van der Waals surface area contributed by atoms with Crippen LogP contribution in [0.2, 0.25) is 0 Å². The molecule has 1 saturated heterocycles. The second-order valence-corrected chi connectivity index (χ2v) is 10.7. The van der Waals surface area contributed by atoms with E-state index >= 15 is 0 Å². The van der Waals surface area contributed by atoms with Gasteiger partial charge in [-0.3, -0.25) is 4.79 Å². The molecule has 0 aliphatic carbocycles. The molecular formula is C31H25F5N2O4S. The second-order valence-electron chi connectivity index (χ2n) is 9.70. The number of carbonyl (C=O) groups is 1. The average molecular weight is 617 g/mol. The Morgan fingerprint density at radius 1 is 0.837 bits per heavy atom. The number of rotatable bonds is 9. The van der Waals surface area contributed by atoms with Crippen LogP contribution in [0.4, 0.5) is 22.0 Å². The van der Waals surface area contributed by atoms with Crippen LogP contribution in [-0.2, 0) is 22.6 Å². The Morgan fingerprint density at radius 3 is 2.09 bits per heavy atom. The lowest BCUT2D eigenvalue weighted by molar-refractivity contribution is -0.245. The second kappa shape index (κ2) is 13.6. The number of hydrogen-bond acceptors (Lipinski definition) is 6. The van der Waals surface area contributed by atoms with Gasteiger partial charge in [0.05, 0.1) is 23.8 Å². The van der Waals surface area contributed by atoms with Crippen LogP contribution in [0.15, 0.2) is 78.0 Å². The molecule has 3 atom stereocenters. The number of carbonyl (C=O) groups excluding carboxylic acids is 1. The lowest BCUT2D eigenvalue weighted by Crippen LogP contribution is -2.31. The van der Waals surface area contributed by atoms with Crippen molar-refractivity contribution in [2.45, 2.75) is 43.1 Å². The summed E-state index contributed by atoms with van der Waals surface area (Å²) in [6.07, 6.45) is 1.04. The normalized spacial score (nSPS) is 18.4. The van der Waals surface area contributed by atoms with Gasteiger partial charge in [-0.05, 0) is 28.8 Å². The number of hydrogen-bond donors (Lipinski definition) is 2. The number of amides is 1. The van der Waals surface area contributed by atoms with Crippen molar-refractivity contribution >= 4 is 17.7 Å². The number of benzene rings is 3. The highest BCUT2D eigenvalue weighted by atomic mass is 32.2. The van der Waals surface area contributed by atoms with Gasteiger partial charge in [0.2, 0.25) is 5.82 Å². The van der Waals surface area contributed by atoms with Crippen LogP contribution in [0.3, 0.4) is 0 Å². The zero-order valence-corrected chi connectivity index (χ0v) is 23.2. The van der Waals surface area contributed by atoms with Crippen molar-refractivity contribution in [1.82, 2.24) is 10.3 Å². The predicted molar refractivity (Wildman–Crippen MR) is 147 cm³/mol. The number of nitrogens with zero attached hydrogens (tertiary/aromatic N) is 1. The molecule has 1 aromatic heterocycles. The monoisotopic (exact) mass is 616 g/mol. The van der Waals surface area contributed by atoms with E-state index in [1.54, 1.807) is 42.2 Å².